The lowest BCUT2D eigenvalue weighted by Gasteiger charge is -2.19. The Labute approximate surface area is 360 Å². The number of hydrogen-bond acceptors (Lipinski definition) is 4. The Morgan fingerprint density at radius 3 is 0.758 bits per heavy atom. The first kappa shape index (κ1) is 36.7. The molecular weight excluding hydrogens is 753 g/mol. The van der Waals surface area contributed by atoms with Crippen molar-refractivity contribution in [1.82, 2.24) is 19.9 Å². The molecule has 0 aliphatic heterocycles. The number of nitrogens with zero attached hydrogens (tertiary/aromatic N) is 4. The average molecular weight is 791 g/mol. The minimum Gasteiger partial charge on any atom is -0.228 e. The highest BCUT2D eigenvalue weighted by Gasteiger charge is 2.19. The molecule has 0 N–H and O–H groups in total. The molecular formula is C58H38N4. The topological polar surface area (TPSA) is 51.6 Å². The number of benzene rings is 9. The quantitative estimate of drug-likeness (QED) is 0.144. The van der Waals surface area contributed by atoms with Crippen LogP contribution >= 0.6 is 0 Å². The number of hydrogen-bond donors (Lipinski definition) is 0. The van der Waals surface area contributed by atoms with Gasteiger partial charge in [-0.1, -0.05) is 218 Å². The van der Waals surface area contributed by atoms with Gasteiger partial charge in [0.2, 0.25) is 0 Å². The lowest BCUT2D eigenvalue weighted by Crippen LogP contribution is -1.96. The van der Waals surface area contributed by atoms with Crippen LogP contribution in [0.5, 0.6) is 0 Å². The van der Waals surface area contributed by atoms with Crippen LogP contribution in [0.1, 0.15) is 0 Å². The van der Waals surface area contributed by atoms with Crippen molar-refractivity contribution in [2.45, 2.75) is 0 Å². The lowest BCUT2D eigenvalue weighted by atomic mass is 9.84. The summed E-state index contributed by atoms with van der Waals surface area (Å²) in [6, 6.07) is 80.5. The van der Waals surface area contributed by atoms with Crippen molar-refractivity contribution < 1.29 is 0 Å². The van der Waals surface area contributed by atoms with Crippen LogP contribution in [0.4, 0.5) is 0 Å². The molecule has 0 unspecified atom stereocenters. The van der Waals surface area contributed by atoms with Gasteiger partial charge in [-0.2, -0.15) is 0 Å². The molecule has 2 aromatic heterocycles. The van der Waals surface area contributed by atoms with Crippen LogP contribution in [0.3, 0.4) is 0 Å². The molecule has 11 rings (SSSR count). The van der Waals surface area contributed by atoms with E-state index in [1.165, 1.54) is 32.7 Å². The highest BCUT2D eigenvalue weighted by atomic mass is 14.9. The van der Waals surface area contributed by atoms with Crippen LogP contribution in [-0.4, -0.2) is 19.9 Å². The van der Waals surface area contributed by atoms with Gasteiger partial charge in [-0.25, -0.2) is 19.9 Å². The first-order chi connectivity index (χ1) is 30.7. The molecule has 0 spiro atoms. The van der Waals surface area contributed by atoms with Gasteiger partial charge in [0, 0.05) is 33.4 Å². The van der Waals surface area contributed by atoms with E-state index in [9.17, 15) is 0 Å². The van der Waals surface area contributed by atoms with Gasteiger partial charge >= 0.3 is 0 Å². The fourth-order valence-electron chi connectivity index (χ4n) is 8.49. The van der Waals surface area contributed by atoms with E-state index in [2.05, 4.69) is 158 Å². The van der Waals surface area contributed by atoms with E-state index in [0.29, 0.717) is 11.6 Å². The second-order valence-corrected chi connectivity index (χ2v) is 15.4. The third-order valence-electron chi connectivity index (χ3n) is 11.5. The van der Waals surface area contributed by atoms with Gasteiger partial charge in [0.05, 0.1) is 22.8 Å². The van der Waals surface area contributed by atoms with Gasteiger partial charge in [-0.05, 0) is 55.9 Å². The first-order valence-corrected chi connectivity index (χ1v) is 20.9. The molecule has 0 bridgehead atoms. The summed E-state index contributed by atoms with van der Waals surface area (Å²) in [5.41, 5.74) is 14.3. The SMILES string of the molecule is c1ccc(-c2cc(-c3ccc(-c4c(-c5ccc(-c6cc(-c7ccccc7)nc(-c7ccccc7)n6)cc5)c5ccccc5c5ccccc45)cc3)nc(-c3ccccc3)n2)cc1. The summed E-state index contributed by atoms with van der Waals surface area (Å²) >= 11 is 0. The second kappa shape index (κ2) is 16.0. The lowest BCUT2D eigenvalue weighted by molar-refractivity contribution is 1.18. The Bertz CT molecular complexity index is 3010. The van der Waals surface area contributed by atoms with Crippen molar-refractivity contribution in [1.29, 1.82) is 0 Å². The molecule has 11 aromatic rings. The first-order valence-electron chi connectivity index (χ1n) is 20.9. The van der Waals surface area contributed by atoms with Crippen LogP contribution in [0, 0.1) is 0 Å². The third kappa shape index (κ3) is 7.00. The summed E-state index contributed by atoms with van der Waals surface area (Å²) in [4.78, 5) is 20.3. The summed E-state index contributed by atoms with van der Waals surface area (Å²) in [5, 5.41) is 4.85. The maximum atomic E-state index is 5.12. The monoisotopic (exact) mass is 790 g/mol. The smallest absolute Gasteiger partial charge is 0.160 e. The van der Waals surface area contributed by atoms with Gasteiger partial charge < -0.3 is 0 Å². The number of fused-ring (bicyclic) bond motifs is 3. The molecule has 2 heterocycles. The summed E-state index contributed by atoms with van der Waals surface area (Å²) in [5.74, 6) is 1.40. The zero-order chi connectivity index (χ0) is 41.2. The van der Waals surface area contributed by atoms with E-state index in [-0.39, 0.29) is 0 Å². The predicted molar refractivity (Wildman–Crippen MR) is 256 cm³/mol. The molecule has 0 amide bonds. The zero-order valence-corrected chi connectivity index (χ0v) is 33.7. The molecule has 0 aliphatic rings. The van der Waals surface area contributed by atoms with Gasteiger partial charge in [-0.15, -0.1) is 0 Å². The van der Waals surface area contributed by atoms with E-state index >= 15 is 0 Å². The Balaban J connectivity index is 1.04. The van der Waals surface area contributed by atoms with Crippen molar-refractivity contribution in [3.8, 4) is 90.1 Å². The van der Waals surface area contributed by atoms with E-state index in [4.69, 9.17) is 19.9 Å². The van der Waals surface area contributed by atoms with Crippen molar-refractivity contribution in [3.63, 3.8) is 0 Å². The van der Waals surface area contributed by atoms with Gasteiger partial charge in [0.25, 0.3) is 0 Å². The number of rotatable bonds is 8. The van der Waals surface area contributed by atoms with E-state index < -0.39 is 0 Å². The predicted octanol–water partition coefficient (Wildman–Crippen LogP) is 14.9. The second-order valence-electron chi connectivity index (χ2n) is 15.4. The van der Waals surface area contributed by atoms with Crippen LogP contribution in [-0.2, 0) is 0 Å². The normalized spacial score (nSPS) is 11.2. The van der Waals surface area contributed by atoms with Crippen LogP contribution in [0.2, 0.25) is 0 Å². The van der Waals surface area contributed by atoms with Crippen molar-refractivity contribution in [2.24, 2.45) is 0 Å². The van der Waals surface area contributed by atoms with Crippen LogP contribution < -0.4 is 0 Å². The van der Waals surface area contributed by atoms with Gasteiger partial charge in [0.1, 0.15) is 0 Å². The van der Waals surface area contributed by atoms with Gasteiger partial charge in [-0.3, -0.25) is 0 Å². The fraction of sp³-hybridized carbons (Fsp3) is 0. The fourth-order valence-corrected chi connectivity index (χ4v) is 8.49. The maximum absolute atomic E-state index is 5.12. The summed E-state index contributed by atoms with van der Waals surface area (Å²) < 4.78 is 0. The molecule has 9 aromatic carbocycles. The Kier molecular flexibility index (Phi) is 9.49. The zero-order valence-electron chi connectivity index (χ0n) is 33.7. The minimum absolute atomic E-state index is 0.701. The van der Waals surface area contributed by atoms with Crippen molar-refractivity contribution in [2.75, 3.05) is 0 Å². The molecule has 0 aliphatic carbocycles. The molecule has 0 saturated heterocycles. The minimum atomic E-state index is 0.701. The molecule has 4 nitrogen and oxygen atoms in total. The van der Waals surface area contributed by atoms with E-state index in [1.807, 2.05) is 72.8 Å². The van der Waals surface area contributed by atoms with Crippen LogP contribution in [0.15, 0.2) is 231 Å². The summed E-state index contributed by atoms with van der Waals surface area (Å²) in [7, 11) is 0. The Hall–Kier alpha value is -8.34. The van der Waals surface area contributed by atoms with Crippen LogP contribution in [0.25, 0.3) is 112 Å². The van der Waals surface area contributed by atoms with Crippen molar-refractivity contribution >= 4 is 21.5 Å². The Morgan fingerprint density at radius 2 is 0.435 bits per heavy atom. The highest BCUT2D eigenvalue weighted by molar-refractivity contribution is 6.21. The summed E-state index contributed by atoms with van der Waals surface area (Å²) in [6.45, 7) is 0. The Morgan fingerprint density at radius 1 is 0.194 bits per heavy atom. The molecule has 62 heavy (non-hydrogen) atoms. The maximum Gasteiger partial charge on any atom is 0.160 e. The largest absolute Gasteiger partial charge is 0.228 e. The van der Waals surface area contributed by atoms with Gasteiger partial charge in [0.15, 0.2) is 11.6 Å². The number of aromatic nitrogens is 4. The summed E-state index contributed by atoms with van der Waals surface area (Å²) in [6.07, 6.45) is 0. The van der Waals surface area contributed by atoms with E-state index in [0.717, 1.165) is 67.3 Å². The highest BCUT2D eigenvalue weighted by Crippen LogP contribution is 2.45. The molecule has 0 radical (unpaired) electrons. The van der Waals surface area contributed by atoms with E-state index in [1.54, 1.807) is 0 Å². The molecule has 290 valence electrons. The molecule has 0 fully saturated rings. The molecule has 0 saturated carbocycles. The molecule has 4 heteroatoms. The molecule has 0 atom stereocenters. The average Bonchev–Trinajstić information content (AvgIpc) is 3.37. The third-order valence-corrected chi connectivity index (χ3v) is 11.5. The standard InChI is InChI=1S/C58H38N4/c1-5-17-39(18-6-1)51-37-53(61-57(59-51)45-21-9-3-10-22-45)41-29-33-43(34-30-41)55-49-27-15-13-25-47(49)48-26-14-16-28-50(48)56(55)44-35-31-42(32-36-44)54-38-52(40-19-7-2-8-20-40)60-58(62-54)46-23-11-4-12-24-46/h1-38H. The van der Waals surface area contributed by atoms with Crippen molar-refractivity contribution in [3.05, 3.63) is 231 Å².